The Kier molecular flexibility index (Phi) is 5.18. The Labute approximate surface area is 145 Å². The topological polar surface area (TPSA) is 79.4 Å². The lowest BCUT2D eigenvalue weighted by molar-refractivity contribution is -0.138. The first-order valence-electron chi connectivity index (χ1n) is 8.23. The SMILES string of the molecule is O=C(CCN1C(=O)CCC1=O)N[C@H](c1ccccc1)c1ccccn1. The van der Waals surface area contributed by atoms with Crippen LogP contribution in [0.5, 0.6) is 0 Å². The van der Waals surface area contributed by atoms with E-state index < -0.39 is 0 Å². The maximum atomic E-state index is 12.4. The first-order chi connectivity index (χ1) is 12.1. The van der Waals surface area contributed by atoms with Crippen LogP contribution in [0, 0.1) is 0 Å². The van der Waals surface area contributed by atoms with Gasteiger partial charge in [0, 0.05) is 32.0 Å². The molecule has 1 N–H and O–H groups in total. The summed E-state index contributed by atoms with van der Waals surface area (Å²) in [4.78, 5) is 41.1. The number of rotatable bonds is 6. The zero-order chi connectivity index (χ0) is 17.6. The Morgan fingerprint density at radius 2 is 1.72 bits per heavy atom. The van der Waals surface area contributed by atoms with Gasteiger partial charge in [0.2, 0.25) is 17.7 Å². The first-order valence-corrected chi connectivity index (χ1v) is 8.23. The number of hydrogen-bond acceptors (Lipinski definition) is 4. The van der Waals surface area contributed by atoms with Gasteiger partial charge in [0.25, 0.3) is 0 Å². The van der Waals surface area contributed by atoms with Gasteiger partial charge in [-0.05, 0) is 17.7 Å². The maximum absolute atomic E-state index is 12.4. The lowest BCUT2D eigenvalue weighted by Crippen LogP contribution is -2.35. The van der Waals surface area contributed by atoms with E-state index in [0.717, 1.165) is 16.2 Å². The van der Waals surface area contributed by atoms with Gasteiger partial charge in [-0.1, -0.05) is 36.4 Å². The van der Waals surface area contributed by atoms with Crippen molar-refractivity contribution in [2.45, 2.75) is 25.3 Å². The summed E-state index contributed by atoms with van der Waals surface area (Å²) in [5.41, 5.74) is 1.65. The molecule has 0 unspecified atom stereocenters. The Bertz CT molecular complexity index is 706. The van der Waals surface area contributed by atoms with Gasteiger partial charge < -0.3 is 5.32 Å². The first kappa shape index (κ1) is 16.8. The third kappa shape index (κ3) is 4.09. The molecule has 0 saturated carbocycles. The number of pyridine rings is 1. The Morgan fingerprint density at radius 3 is 2.36 bits per heavy atom. The van der Waals surface area contributed by atoms with Crippen LogP contribution < -0.4 is 5.32 Å². The molecule has 0 radical (unpaired) electrons. The van der Waals surface area contributed by atoms with Crippen LogP contribution >= 0.6 is 0 Å². The number of carbonyl (C=O) groups is 3. The molecule has 6 heteroatoms. The minimum absolute atomic E-state index is 0.0770. The molecule has 1 aliphatic heterocycles. The second kappa shape index (κ2) is 7.70. The van der Waals surface area contributed by atoms with Gasteiger partial charge in [0.05, 0.1) is 11.7 Å². The lowest BCUT2D eigenvalue weighted by atomic mass is 10.0. The predicted molar refractivity (Wildman–Crippen MR) is 91.2 cm³/mol. The highest BCUT2D eigenvalue weighted by Crippen LogP contribution is 2.20. The molecular weight excluding hydrogens is 318 g/mol. The molecule has 25 heavy (non-hydrogen) atoms. The van der Waals surface area contributed by atoms with Crippen molar-refractivity contribution in [2.24, 2.45) is 0 Å². The van der Waals surface area contributed by atoms with Gasteiger partial charge in [0.15, 0.2) is 0 Å². The largest absolute Gasteiger partial charge is 0.344 e. The Hall–Kier alpha value is -3.02. The molecule has 1 aliphatic rings. The molecule has 0 aliphatic carbocycles. The van der Waals surface area contributed by atoms with E-state index in [4.69, 9.17) is 0 Å². The molecule has 1 atom stereocenters. The number of nitrogens with one attached hydrogen (secondary N) is 1. The fourth-order valence-electron chi connectivity index (χ4n) is 2.84. The van der Waals surface area contributed by atoms with Gasteiger partial charge >= 0.3 is 0 Å². The molecule has 2 heterocycles. The van der Waals surface area contributed by atoms with Crippen molar-refractivity contribution in [3.63, 3.8) is 0 Å². The van der Waals surface area contributed by atoms with Crippen LogP contribution in [-0.2, 0) is 14.4 Å². The smallest absolute Gasteiger partial charge is 0.229 e. The molecule has 1 saturated heterocycles. The van der Waals surface area contributed by atoms with E-state index in [-0.39, 0.29) is 49.6 Å². The van der Waals surface area contributed by atoms with Crippen molar-refractivity contribution in [2.75, 3.05) is 6.54 Å². The molecule has 6 nitrogen and oxygen atoms in total. The predicted octanol–water partition coefficient (Wildman–Crippen LogP) is 1.83. The van der Waals surface area contributed by atoms with Gasteiger partial charge in [-0.25, -0.2) is 0 Å². The minimum atomic E-state index is -0.375. The van der Waals surface area contributed by atoms with Crippen LogP contribution in [0.25, 0.3) is 0 Å². The molecule has 1 aromatic carbocycles. The van der Waals surface area contributed by atoms with Crippen molar-refractivity contribution in [3.05, 3.63) is 66.0 Å². The zero-order valence-electron chi connectivity index (χ0n) is 13.7. The van der Waals surface area contributed by atoms with Crippen molar-refractivity contribution in [3.8, 4) is 0 Å². The van der Waals surface area contributed by atoms with E-state index in [0.29, 0.717) is 0 Å². The zero-order valence-corrected chi connectivity index (χ0v) is 13.7. The van der Waals surface area contributed by atoms with Gasteiger partial charge in [-0.3, -0.25) is 24.3 Å². The quantitative estimate of drug-likeness (QED) is 0.816. The summed E-state index contributed by atoms with van der Waals surface area (Å²) >= 11 is 0. The van der Waals surface area contributed by atoms with E-state index in [9.17, 15) is 14.4 Å². The lowest BCUT2D eigenvalue weighted by Gasteiger charge is -2.20. The molecule has 0 spiro atoms. The number of nitrogens with zero attached hydrogens (tertiary/aromatic N) is 2. The van der Waals surface area contributed by atoms with Crippen LogP contribution in [0.4, 0.5) is 0 Å². The second-order valence-electron chi connectivity index (χ2n) is 5.85. The highest BCUT2D eigenvalue weighted by atomic mass is 16.2. The van der Waals surface area contributed by atoms with E-state index >= 15 is 0 Å². The molecule has 3 amide bonds. The number of imide groups is 1. The van der Waals surface area contributed by atoms with Crippen LogP contribution in [0.15, 0.2) is 54.7 Å². The number of hydrogen-bond donors (Lipinski definition) is 1. The van der Waals surface area contributed by atoms with Gasteiger partial charge in [-0.2, -0.15) is 0 Å². The monoisotopic (exact) mass is 337 g/mol. The van der Waals surface area contributed by atoms with Crippen LogP contribution in [0.2, 0.25) is 0 Å². The van der Waals surface area contributed by atoms with Crippen molar-refractivity contribution < 1.29 is 14.4 Å². The van der Waals surface area contributed by atoms with E-state index in [2.05, 4.69) is 10.3 Å². The molecule has 3 rings (SSSR count). The third-order valence-corrected chi connectivity index (χ3v) is 4.14. The number of aromatic nitrogens is 1. The van der Waals surface area contributed by atoms with Gasteiger partial charge in [0.1, 0.15) is 0 Å². The fraction of sp³-hybridized carbons (Fsp3) is 0.263. The molecule has 0 bridgehead atoms. The normalized spacial score (nSPS) is 15.3. The molecule has 1 aromatic heterocycles. The summed E-state index contributed by atoms with van der Waals surface area (Å²) in [6.07, 6.45) is 2.23. The maximum Gasteiger partial charge on any atom is 0.229 e. The van der Waals surface area contributed by atoms with Crippen molar-refractivity contribution >= 4 is 17.7 Å². The number of amides is 3. The van der Waals surface area contributed by atoms with Crippen molar-refractivity contribution in [1.29, 1.82) is 0 Å². The van der Waals surface area contributed by atoms with E-state index in [1.165, 1.54) is 0 Å². The summed E-state index contributed by atoms with van der Waals surface area (Å²) < 4.78 is 0. The van der Waals surface area contributed by atoms with Crippen molar-refractivity contribution in [1.82, 2.24) is 15.2 Å². The summed E-state index contributed by atoms with van der Waals surface area (Å²) in [5.74, 6) is -0.642. The fourth-order valence-corrected chi connectivity index (χ4v) is 2.84. The third-order valence-electron chi connectivity index (χ3n) is 4.14. The summed E-state index contributed by atoms with van der Waals surface area (Å²) in [7, 11) is 0. The highest BCUT2D eigenvalue weighted by Gasteiger charge is 2.29. The molecular formula is C19H19N3O3. The number of likely N-dealkylation sites (tertiary alicyclic amines) is 1. The summed E-state index contributed by atoms with van der Waals surface area (Å²) in [5, 5.41) is 2.95. The average molecular weight is 337 g/mol. The summed E-state index contributed by atoms with van der Waals surface area (Å²) in [6.45, 7) is 0.118. The van der Waals surface area contributed by atoms with Crippen LogP contribution in [-0.4, -0.2) is 34.2 Å². The Morgan fingerprint density at radius 1 is 1.04 bits per heavy atom. The second-order valence-corrected chi connectivity index (χ2v) is 5.85. The summed E-state index contributed by atoms with van der Waals surface area (Å²) in [6, 6.07) is 14.7. The average Bonchev–Trinajstić information content (AvgIpc) is 2.97. The number of carbonyl (C=O) groups excluding carboxylic acids is 3. The van der Waals surface area contributed by atoms with Crippen LogP contribution in [0.3, 0.4) is 0 Å². The van der Waals surface area contributed by atoms with E-state index in [1.54, 1.807) is 6.20 Å². The molecule has 2 aromatic rings. The minimum Gasteiger partial charge on any atom is -0.344 e. The standard InChI is InChI=1S/C19H19N3O3/c23-16(11-13-22-17(24)9-10-18(22)25)21-19(14-6-2-1-3-7-14)15-8-4-5-12-20-15/h1-8,12,19H,9-11,13H2,(H,21,23)/t19-/m1/s1. The Balaban J connectivity index is 1.69. The molecule has 1 fully saturated rings. The highest BCUT2D eigenvalue weighted by molar-refractivity contribution is 6.02. The number of benzene rings is 1. The van der Waals surface area contributed by atoms with Crippen LogP contribution in [0.1, 0.15) is 36.6 Å². The van der Waals surface area contributed by atoms with Gasteiger partial charge in [-0.15, -0.1) is 0 Å². The van der Waals surface area contributed by atoms with E-state index in [1.807, 2.05) is 48.5 Å². The molecule has 128 valence electrons.